The first-order valence-electron chi connectivity index (χ1n) is 8.85. The van der Waals surface area contributed by atoms with Crippen LogP contribution in [0.1, 0.15) is 23.6 Å². The number of fused-ring (bicyclic) bond motifs is 1. The van der Waals surface area contributed by atoms with Crippen LogP contribution >= 0.6 is 0 Å². The molecule has 1 heterocycles. The van der Waals surface area contributed by atoms with Crippen molar-refractivity contribution < 1.29 is 17.9 Å². The zero-order chi connectivity index (χ0) is 19.8. The molecular formula is C20H24N2O4S. The lowest BCUT2D eigenvalue weighted by Gasteiger charge is -2.34. The van der Waals surface area contributed by atoms with Crippen LogP contribution in [0.2, 0.25) is 0 Å². The van der Waals surface area contributed by atoms with E-state index >= 15 is 0 Å². The lowest BCUT2D eigenvalue weighted by Crippen LogP contribution is -2.48. The molecule has 7 heteroatoms. The summed E-state index contributed by atoms with van der Waals surface area (Å²) in [6.07, 6.45) is 0.982. The molecule has 0 saturated heterocycles. The lowest BCUT2D eigenvalue weighted by atomic mass is 10.1. The number of benzene rings is 2. The van der Waals surface area contributed by atoms with Crippen LogP contribution in [0.5, 0.6) is 5.75 Å². The molecule has 2 aromatic carbocycles. The summed E-state index contributed by atoms with van der Waals surface area (Å²) in [5.74, 6) is 0.0248. The van der Waals surface area contributed by atoms with E-state index in [1.54, 1.807) is 12.1 Å². The summed E-state index contributed by atoms with van der Waals surface area (Å²) in [5, 5.41) is 2.93. The number of rotatable bonds is 4. The van der Waals surface area contributed by atoms with Gasteiger partial charge in [-0.2, -0.15) is 0 Å². The largest absolute Gasteiger partial charge is 0.476 e. The number of anilines is 2. The van der Waals surface area contributed by atoms with E-state index in [9.17, 15) is 13.2 Å². The van der Waals surface area contributed by atoms with Gasteiger partial charge < -0.3 is 10.1 Å². The first-order valence-corrected chi connectivity index (χ1v) is 10.7. The molecule has 0 aromatic heterocycles. The fraction of sp³-hybridized carbons (Fsp3) is 0.350. The molecule has 0 aliphatic carbocycles. The summed E-state index contributed by atoms with van der Waals surface area (Å²) in [6.45, 7) is 5.77. The Morgan fingerprint density at radius 2 is 2.00 bits per heavy atom. The van der Waals surface area contributed by atoms with Crippen molar-refractivity contribution in [3.05, 3.63) is 53.1 Å². The second-order valence-corrected chi connectivity index (χ2v) is 8.73. The average Bonchev–Trinajstić information content (AvgIpc) is 2.61. The van der Waals surface area contributed by atoms with E-state index in [4.69, 9.17) is 4.74 Å². The van der Waals surface area contributed by atoms with E-state index in [0.717, 1.165) is 35.1 Å². The summed E-state index contributed by atoms with van der Waals surface area (Å²) in [4.78, 5) is 12.9. The van der Waals surface area contributed by atoms with Crippen molar-refractivity contribution in [3.8, 4) is 5.75 Å². The Labute approximate surface area is 160 Å². The van der Waals surface area contributed by atoms with Crippen molar-refractivity contribution >= 4 is 27.3 Å². The molecule has 0 radical (unpaired) electrons. The Morgan fingerprint density at radius 3 is 2.67 bits per heavy atom. The zero-order valence-electron chi connectivity index (χ0n) is 15.9. The number of sulfonamides is 1. The van der Waals surface area contributed by atoms with E-state index in [1.807, 2.05) is 45.0 Å². The Kier molecular flexibility index (Phi) is 5.15. The second kappa shape index (κ2) is 7.23. The van der Waals surface area contributed by atoms with E-state index in [2.05, 4.69) is 5.32 Å². The molecule has 3 rings (SSSR count). The van der Waals surface area contributed by atoms with Crippen LogP contribution < -0.4 is 14.4 Å². The smallest absolute Gasteiger partial charge is 0.267 e. The number of carbonyl (C=O) groups excluding carboxylic acids is 1. The first-order chi connectivity index (χ1) is 12.7. The number of hydrogen-bond donors (Lipinski definition) is 1. The molecule has 1 atom stereocenters. The van der Waals surface area contributed by atoms with Crippen molar-refractivity contribution in [2.24, 2.45) is 0 Å². The minimum atomic E-state index is -3.54. The maximum atomic E-state index is 12.9. The number of nitrogens with zero attached hydrogens (tertiary/aromatic N) is 1. The number of amides is 1. The molecule has 1 aliphatic heterocycles. The number of ether oxygens (including phenoxy) is 1. The normalized spacial score (nSPS) is 16.4. The van der Waals surface area contributed by atoms with Crippen LogP contribution in [0.3, 0.4) is 0 Å². The van der Waals surface area contributed by atoms with E-state index in [1.165, 1.54) is 4.31 Å². The van der Waals surface area contributed by atoms with Gasteiger partial charge in [0.05, 0.1) is 18.5 Å². The van der Waals surface area contributed by atoms with Crippen LogP contribution in [-0.4, -0.2) is 33.2 Å². The van der Waals surface area contributed by atoms with Crippen LogP contribution in [0.15, 0.2) is 36.4 Å². The summed E-state index contributed by atoms with van der Waals surface area (Å²) in [5.41, 5.74) is 4.12. The van der Waals surface area contributed by atoms with Gasteiger partial charge in [-0.1, -0.05) is 31.2 Å². The SMILES string of the molecule is CCc1cccc(C)c1NC(=O)[C@H]1CN(S(C)(=O)=O)c2cc(C)ccc2O1. The van der Waals surface area contributed by atoms with Gasteiger partial charge in [0.15, 0.2) is 6.10 Å². The van der Waals surface area contributed by atoms with Gasteiger partial charge in [0.25, 0.3) is 5.91 Å². The van der Waals surface area contributed by atoms with Gasteiger partial charge in [-0.25, -0.2) is 8.42 Å². The zero-order valence-corrected chi connectivity index (χ0v) is 16.8. The van der Waals surface area contributed by atoms with Gasteiger partial charge in [-0.05, 0) is 49.1 Å². The van der Waals surface area contributed by atoms with E-state index < -0.39 is 16.1 Å². The maximum absolute atomic E-state index is 12.9. The maximum Gasteiger partial charge on any atom is 0.267 e. The third-order valence-corrected chi connectivity index (χ3v) is 5.81. The number of hydrogen-bond acceptors (Lipinski definition) is 4. The Bertz CT molecular complexity index is 985. The predicted molar refractivity (Wildman–Crippen MR) is 107 cm³/mol. The van der Waals surface area contributed by atoms with Gasteiger partial charge in [0.2, 0.25) is 10.0 Å². The van der Waals surface area contributed by atoms with Crippen LogP contribution in [0.4, 0.5) is 11.4 Å². The molecule has 0 unspecified atom stereocenters. The number of para-hydroxylation sites is 1. The number of nitrogens with one attached hydrogen (secondary N) is 1. The molecule has 2 aromatic rings. The molecule has 144 valence electrons. The fourth-order valence-corrected chi connectivity index (χ4v) is 4.12. The molecule has 1 aliphatic rings. The highest BCUT2D eigenvalue weighted by Crippen LogP contribution is 2.36. The summed E-state index contributed by atoms with van der Waals surface area (Å²) < 4.78 is 31.6. The molecule has 0 fully saturated rings. The predicted octanol–water partition coefficient (Wildman–Crippen LogP) is 3.03. The third-order valence-electron chi connectivity index (χ3n) is 4.66. The highest BCUT2D eigenvalue weighted by Gasteiger charge is 2.35. The van der Waals surface area contributed by atoms with Gasteiger partial charge in [0.1, 0.15) is 5.75 Å². The Morgan fingerprint density at radius 1 is 1.26 bits per heavy atom. The molecule has 0 bridgehead atoms. The molecular weight excluding hydrogens is 364 g/mol. The molecule has 6 nitrogen and oxygen atoms in total. The van der Waals surface area contributed by atoms with Crippen molar-refractivity contribution in [3.63, 3.8) is 0 Å². The van der Waals surface area contributed by atoms with Crippen molar-refractivity contribution in [2.45, 2.75) is 33.3 Å². The summed E-state index contributed by atoms with van der Waals surface area (Å²) >= 11 is 0. The topological polar surface area (TPSA) is 75.7 Å². The first kappa shape index (κ1) is 19.2. The van der Waals surface area contributed by atoms with Crippen molar-refractivity contribution in [1.82, 2.24) is 0 Å². The minimum Gasteiger partial charge on any atom is -0.476 e. The average molecular weight is 388 g/mol. The second-order valence-electron chi connectivity index (χ2n) is 6.82. The van der Waals surface area contributed by atoms with Gasteiger partial charge in [0, 0.05) is 5.69 Å². The summed E-state index contributed by atoms with van der Waals surface area (Å²) in [7, 11) is -3.54. The molecule has 0 saturated carbocycles. The quantitative estimate of drug-likeness (QED) is 0.874. The van der Waals surface area contributed by atoms with Crippen LogP contribution in [0, 0.1) is 13.8 Å². The fourth-order valence-electron chi connectivity index (χ4n) is 3.22. The molecule has 0 spiro atoms. The highest BCUT2D eigenvalue weighted by atomic mass is 32.2. The van der Waals surface area contributed by atoms with Crippen LogP contribution in [0.25, 0.3) is 0 Å². The van der Waals surface area contributed by atoms with Crippen LogP contribution in [-0.2, 0) is 21.2 Å². The third kappa shape index (κ3) is 3.93. The monoisotopic (exact) mass is 388 g/mol. The molecule has 1 amide bonds. The highest BCUT2D eigenvalue weighted by molar-refractivity contribution is 7.92. The molecule has 27 heavy (non-hydrogen) atoms. The van der Waals surface area contributed by atoms with Gasteiger partial charge >= 0.3 is 0 Å². The molecule has 1 N–H and O–H groups in total. The Hall–Kier alpha value is -2.54. The summed E-state index contributed by atoms with van der Waals surface area (Å²) in [6, 6.07) is 11.1. The van der Waals surface area contributed by atoms with Crippen molar-refractivity contribution in [2.75, 3.05) is 22.4 Å². The van der Waals surface area contributed by atoms with Crippen molar-refractivity contribution in [1.29, 1.82) is 0 Å². The lowest BCUT2D eigenvalue weighted by molar-refractivity contribution is -0.122. The number of aryl methyl sites for hydroxylation is 3. The van der Waals surface area contributed by atoms with E-state index in [0.29, 0.717) is 11.4 Å². The minimum absolute atomic E-state index is 0.0611. The van der Waals surface area contributed by atoms with Gasteiger partial charge in [-0.15, -0.1) is 0 Å². The standard InChI is InChI=1S/C20H24N2O4S/c1-5-15-8-6-7-14(3)19(15)21-20(23)18-12-22(27(4,24)25)16-11-13(2)9-10-17(16)26-18/h6-11,18H,5,12H2,1-4H3,(H,21,23)/t18-/m1/s1. The van der Waals surface area contributed by atoms with Gasteiger partial charge in [-0.3, -0.25) is 9.10 Å². The number of carbonyl (C=O) groups is 1. The van der Waals surface area contributed by atoms with E-state index in [-0.39, 0.29) is 12.5 Å². The Balaban J connectivity index is 1.92.